The van der Waals surface area contributed by atoms with Crippen molar-refractivity contribution in [2.45, 2.75) is 37.0 Å². The Morgan fingerprint density at radius 2 is 1.97 bits per heavy atom. The highest BCUT2D eigenvalue weighted by Gasteiger charge is 2.53. The van der Waals surface area contributed by atoms with Crippen molar-refractivity contribution in [1.82, 2.24) is 20.2 Å². The number of nitriles is 1. The number of nitrogens with zero attached hydrogens (tertiary/aromatic N) is 5. The summed E-state index contributed by atoms with van der Waals surface area (Å²) in [6.45, 7) is 1.04. The van der Waals surface area contributed by atoms with E-state index in [0.29, 0.717) is 31.7 Å². The molecule has 0 saturated carbocycles. The van der Waals surface area contributed by atoms with E-state index >= 15 is 0 Å². The van der Waals surface area contributed by atoms with Crippen LogP contribution in [0, 0.1) is 11.3 Å². The number of aromatic nitrogens is 4. The van der Waals surface area contributed by atoms with Crippen molar-refractivity contribution in [2.75, 3.05) is 23.3 Å². The van der Waals surface area contributed by atoms with Gasteiger partial charge in [0.15, 0.2) is 11.5 Å². The number of amides is 1. The van der Waals surface area contributed by atoms with Gasteiger partial charge in [0.25, 0.3) is 5.91 Å². The maximum Gasteiger partial charge on any atom is 0.398 e. The number of aromatic amines is 1. The van der Waals surface area contributed by atoms with Gasteiger partial charge in [-0.25, -0.2) is 9.97 Å². The molecular formula is C17H16F3N7O2. The van der Waals surface area contributed by atoms with Crippen LogP contribution in [0.2, 0.25) is 0 Å². The average Bonchev–Trinajstić information content (AvgIpc) is 3.11. The number of carbonyl (C=O) groups excluding carboxylic acids is 1. The molecule has 0 bridgehead atoms. The lowest BCUT2D eigenvalue weighted by molar-refractivity contribution is -0.177. The van der Waals surface area contributed by atoms with Gasteiger partial charge in [0.1, 0.15) is 23.9 Å². The van der Waals surface area contributed by atoms with E-state index in [2.05, 4.69) is 25.5 Å². The SMILES string of the molecule is N#Cc1cnc(N2CCC(c3[nH]nc4c3[C@H](C(F)(F)F)[C@H](O)C(=O)N4)CC2)cn1. The molecule has 1 saturated heterocycles. The Hall–Kier alpha value is -3.20. The number of alkyl halides is 3. The normalized spacial score (nSPS) is 22.7. The molecule has 0 radical (unpaired) electrons. The third-order valence-electron chi connectivity index (χ3n) is 5.30. The first-order valence-corrected chi connectivity index (χ1v) is 8.90. The lowest BCUT2D eigenvalue weighted by atomic mass is 9.83. The summed E-state index contributed by atoms with van der Waals surface area (Å²) in [7, 11) is 0. The van der Waals surface area contributed by atoms with E-state index < -0.39 is 24.1 Å². The minimum Gasteiger partial charge on any atom is -0.382 e. The van der Waals surface area contributed by atoms with Crippen LogP contribution in [0.3, 0.4) is 0 Å². The Morgan fingerprint density at radius 1 is 1.24 bits per heavy atom. The molecular weight excluding hydrogens is 391 g/mol. The molecule has 0 aromatic carbocycles. The van der Waals surface area contributed by atoms with E-state index in [1.807, 2.05) is 11.0 Å². The summed E-state index contributed by atoms with van der Waals surface area (Å²) >= 11 is 0. The lowest BCUT2D eigenvalue weighted by Crippen LogP contribution is -2.44. The molecule has 0 aliphatic carbocycles. The molecule has 0 spiro atoms. The third-order valence-corrected chi connectivity index (χ3v) is 5.30. The first-order valence-electron chi connectivity index (χ1n) is 8.90. The third kappa shape index (κ3) is 3.38. The van der Waals surface area contributed by atoms with E-state index in [1.165, 1.54) is 12.4 Å². The monoisotopic (exact) mass is 407 g/mol. The van der Waals surface area contributed by atoms with Crippen molar-refractivity contribution in [3.63, 3.8) is 0 Å². The van der Waals surface area contributed by atoms with Crippen molar-refractivity contribution < 1.29 is 23.1 Å². The van der Waals surface area contributed by atoms with E-state index in [9.17, 15) is 23.1 Å². The number of fused-ring (bicyclic) bond motifs is 1. The molecule has 2 aromatic rings. The fraction of sp³-hybridized carbons (Fsp3) is 0.471. The average molecular weight is 407 g/mol. The Morgan fingerprint density at radius 3 is 2.55 bits per heavy atom. The minimum absolute atomic E-state index is 0.182. The van der Waals surface area contributed by atoms with Crippen molar-refractivity contribution in [3.8, 4) is 6.07 Å². The molecule has 9 nitrogen and oxygen atoms in total. The van der Waals surface area contributed by atoms with Crippen LogP contribution in [-0.2, 0) is 4.79 Å². The number of hydrogen-bond acceptors (Lipinski definition) is 7. The topological polar surface area (TPSA) is 131 Å². The molecule has 4 rings (SSSR count). The first kappa shape index (κ1) is 19.1. The first-order chi connectivity index (χ1) is 13.8. The van der Waals surface area contributed by atoms with E-state index in [4.69, 9.17) is 5.26 Å². The molecule has 3 N–H and O–H groups in total. The smallest absolute Gasteiger partial charge is 0.382 e. The quantitative estimate of drug-likeness (QED) is 0.686. The van der Waals surface area contributed by atoms with Crippen molar-refractivity contribution >= 4 is 17.5 Å². The van der Waals surface area contributed by atoms with Gasteiger partial charge in [-0.1, -0.05) is 0 Å². The van der Waals surface area contributed by atoms with E-state index in [0.717, 1.165) is 0 Å². The van der Waals surface area contributed by atoms with Crippen molar-refractivity contribution in [1.29, 1.82) is 5.26 Å². The van der Waals surface area contributed by atoms with Gasteiger partial charge in [0.05, 0.1) is 12.4 Å². The van der Waals surface area contributed by atoms with Gasteiger partial charge in [0, 0.05) is 30.3 Å². The number of piperidine rings is 1. The molecule has 12 heteroatoms. The summed E-state index contributed by atoms with van der Waals surface area (Å²) in [6.07, 6.45) is -3.11. The van der Waals surface area contributed by atoms with E-state index in [-0.39, 0.29) is 28.7 Å². The van der Waals surface area contributed by atoms with Crippen LogP contribution >= 0.6 is 0 Å². The van der Waals surface area contributed by atoms with Crippen molar-refractivity contribution in [3.05, 3.63) is 29.3 Å². The Labute approximate surface area is 162 Å². The molecule has 2 aliphatic rings. The van der Waals surface area contributed by atoms with Gasteiger partial charge in [-0.05, 0) is 12.8 Å². The van der Waals surface area contributed by atoms with Crippen molar-refractivity contribution in [2.24, 2.45) is 0 Å². The predicted molar refractivity (Wildman–Crippen MR) is 93.0 cm³/mol. The van der Waals surface area contributed by atoms with Crippen LogP contribution in [0.15, 0.2) is 12.4 Å². The maximum absolute atomic E-state index is 13.6. The fourth-order valence-corrected chi connectivity index (χ4v) is 3.87. The Balaban J connectivity index is 1.56. The van der Waals surface area contributed by atoms with Crippen LogP contribution in [0.4, 0.5) is 24.8 Å². The lowest BCUT2D eigenvalue weighted by Gasteiger charge is -2.34. The number of aliphatic hydroxyl groups excluding tert-OH is 1. The van der Waals surface area contributed by atoms with Crippen LogP contribution in [0.1, 0.15) is 41.6 Å². The van der Waals surface area contributed by atoms with Gasteiger partial charge in [0.2, 0.25) is 0 Å². The van der Waals surface area contributed by atoms with E-state index in [1.54, 1.807) is 0 Å². The summed E-state index contributed by atoms with van der Waals surface area (Å²) in [5.41, 5.74) is 0.291. The van der Waals surface area contributed by atoms with Gasteiger partial charge in [-0.15, -0.1) is 0 Å². The number of carbonyl (C=O) groups is 1. The van der Waals surface area contributed by atoms with Crippen LogP contribution in [0.25, 0.3) is 0 Å². The zero-order valence-corrected chi connectivity index (χ0v) is 14.9. The summed E-state index contributed by atoms with van der Waals surface area (Å²) in [4.78, 5) is 21.8. The fourth-order valence-electron chi connectivity index (χ4n) is 3.87. The Kier molecular flexibility index (Phi) is 4.62. The van der Waals surface area contributed by atoms with Gasteiger partial charge in [-0.3, -0.25) is 9.89 Å². The number of aliphatic hydroxyl groups is 1. The zero-order chi connectivity index (χ0) is 20.8. The maximum atomic E-state index is 13.6. The zero-order valence-electron chi connectivity index (χ0n) is 14.9. The molecule has 2 aromatic heterocycles. The molecule has 0 unspecified atom stereocenters. The largest absolute Gasteiger partial charge is 0.398 e. The molecule has 29 heavy (non-hydrogen) atoms. The summed E-state index contributed by atoms with van der Waals surface area (Å²) < 4.78 is 40.8. The highest BCUT2D eigenvalue weighted by Crippen LogP contribution is 2.47. The minimum atomic E-state index is -4.79. The molecule has 2 aliphatic heterocycles. The number of halogens is 3. The highest BCUT2D eigenvalue weighted by molar-refractivity contribution is 5.97. The summed E-state index contributed by atoms with van der Waals surface area (Å²) in [5.74, 6) is -3.28. The number of rotatable bonds is 2. The second-order valence-electron chi connectivity index (χ2n) is 6.99. The number of H-pyrrole nitrogens is 1. The molecule has 152 valence electrons. The molecule has 4 heterocycles. The number of hydrogen-bond donors (Lipinski definition) is 3. The summed E-state index contributed by atoms with van der Waals surface area (Å²) in [5, 5.41) is 27.4. The Bertz CT molecular complexity index is 959. The van der Waals surface area contributed by atoms with Gasteiger partial charge >= 0.3 is 6.18 Å². The molecule has 1 amide bonds. The molecule has 2 atom stereocenters. The number of nitrogens with one attached hydrogen (secondary N) is 2. The van der Waals surface area contributed by atoms with Crippen LogP contribution < -0.4 is 10.2 Å². The summed E-state index contributed by atoms with van der Waals surface area (Å²) in [6, 6.07) is 1.89. The van der Waals surface area contributed by atoms with Crippen LogP contribution in [-0.4, -0.2) is 56.5 Å². The number of anilines is 2. The second-order valence-corrected chi connectivity index (χ2v) is 6.99. The standard InChI is InChI=1S/C17H16F3N7O2/c18-17(19,20)12-11-13(25-26-15(11)24-16(29)14(12)28)8-1-3-27(4-2-8)10-7-22-9(5-21)6-23-10/h6-8,12,14,28H,1-4H2,(H2,24,25,26,29)/t12-,14-/m0/s1. The van der Waals surface area contributed by atoms with Gasteiger partial charge in [-0.2, -0.15) is 23.5 Å². The second kappa shape index (κ2) is 7.00. The highest BCUT2D eigenvalue weighted by atomic mass is 19.4. The van der Waals surface area contributed by atoms with Crippen LogP contribution in [0.5, 0.6) is 0 Å². The van der Waals surface area contributed by atoms with Gasteiger partial charge < -0.3 is 15.3 Å². The predicted octanol–water partition coefficient (Wildman–Crippen LogP) is 1.41. The molecule has 1 fully saturated rings.